The largest absolute Gasteiger partial charge is 0.269 e. The fraction of sp³-hybridized carbons (Fsp3) is 0.700. The summed E-state index contributed by atoms with van der Waals surface area (Å²) in [6.07, 6.45) is 12.4. The van der Waals surface area contributed by atoms with E-state index in [1.54, 1.807) is 12.1 Å². The Bertz CT molecular complexity index is 581. The number of nitro benzene ring substituents is 1. The van der Waals surface area contributed by atoms with E-state index in [9.17, 15) is 10.1 Å². The maximum Gasteiger partial charge on any atom is 0.269 e. The molecule has 4 rings (SSSR count). The number of hydrogen-bond acceptors (Lipinski definition) is 4. The van der Waals surface area contributed by atoms with Gasteiger partial charge >= 0.3 is 0 Å². The summed E-state index contributed by atoms with van der Waals surface area (Å²) in [5.74, 6) is 1.72. The van der Waals surface area contributed by atoms with Crippen LogP contribution in [0.5, 0.6) is 0 Å². The van der Waals surface area contributed by atoms with Gasteiger partial charge in [0.15, 0.2) is 0 Å². The molecule has 0 amide bonds. The first-order chi connectivity index (χ1) is 12.2. The third-order valence-corrected chi connectivity index (χ3v) is 6.67. The quantitative estimate of drug-likeness (QED) is 0.649. The predicted octanol–water partition coefficient (Wildman–Crippen LogP) is 4.42. The number of hydrazine groups is 1. The molecule has 2 aliphatic carbocycles. The molecule has 1 aliphatic heterocycles. The van der Waals surface area contributed by atoms with E-state index in [1.807, 2.05) is 12.1 Å². The van der Waals surface area contributed by atoms with Gasteiger partial charge in [-0.3, -0.25) is 15.5 Å². The maximum absolute atomic E-state index is 10.8. The predicted molar refractivity (Wildman–Crippen MR) is 97.9 cm³/mol. The van der Waals surface area contributed by atoms with Crippen molar-refractivity contribution in [3.05, 3.63) is 39.9 Å². The lowest BCUT2D eigenvalue weighted by molar-refractivity contribution is -0.384. The normalized spacial score (nSPS) is 32.6. The number of hydrogen-bond donors (Lipinski definition) is 1. The van der Waals surface area contributed by atoms with Crippen molar-refractivity contribution in [3.8, 4) is 0 Å². The van der Waals surface area contributed by atoms with Crippen LogP contribution in [0.25, 0.3) is 0 Å². The van der Waals surface area contributed by atoms with E-state index in [0.717, 1.165) is 23.9 Å². The molecule has 1 N–H and O–H groups in total. The zero-order valence-corrected chi connectivity index (χ0v) is 14.9. The third kappa shape index (κ3) is 3.58. The summed E-state index contributed by atoms with van der Waals surface area (Å²) in [7, 11) is 0. The number of nitrogens with zero attached hydrogens (tertiary/aromatic N) is 2. The van der Waals surface area contributed by atoms with Crippen molar-refractivity contribution in [2.75, 3.05) is 0 Å². The van der Waals surface area contributed by atoms with Crippen LogP contribution in [0, 0.1) is 22.0 Å². The summed E-state index contributed by atoms with van der Waals surface area (Å²) in [6.45, 7) is 0.768. The van der Waals surface area contributed by atoms with Crippen molar-refractivity contribution in [1.82, 2.24) is 10.4 Å². The Morgan fingerprint density at radius 2 is 1.52 bits per heavy atom. The van der Waals surface area contributed by atoms with Gasteiger partial charge in [-0.1, -0.05) is 37.8 Å². The molecule has 3 aliphatic rings. The van der Waals surface area contributed by atoms with E-state index in [2.05, 4.69) is 10.4 Å². The SMILES string of the molecule is O=[N+]([O-])c1ccc(CNN2[C@H]3CCCC[C@@H]3C[C@@H]3CCCC[C@@H]32)cc1. The summed E-state index contributed by atoms with van der Waals surface area (Å²) in [5.41, 5.74) is 5.04. The highest BCUT2D eigenvalue weighted by atomic mass is 16.6. The van der Waals surface area contributed by atoms with Gasteiger partial charge in [0.25, 0.3) is 5.69 Å². The van der Waals surface area contributed by atoms with E-state index in [-0.39, 0.29) is 10.6 Å². The molecule has 0 unspecified atom stereocenters. The van der Waals surface area contributed by atoms with Crippen LogP contribution in [0.15, 0.2) is 24.3 Å². The van der Waals surface area contributed by atoms with Crippen LogP contribution in [0.2, 0.25) is 0 Å². The minimum absolute atomic E-state index is 0.168. The van der Waals surface area contributed by atoms with Gasteiger partial charge in [0.1, 0.15) is 0 Å². The summed E-state index contributed by atoms with van der Waals surface area (Å²) >= 11 is 0. The van der Waals surface area contributed by atoms with Crippen LogP contribution in [-0.2, 0) is 6.54 Å². The monoisotopic (exact) mass is 343 g/mol. The number of rotatable bonds is 4. The fourth-order valence-corrected chi connectivity index (χ4v) is 5.45. The van der Waals surface area contributed by atoms with Crippen LogP contribution in [0.4, 0.5) is 5.69 Å². The average Bonchev–Trinajstić information content (AvgIpc) is 2.65. The molecule has 0 bridgehead atoms. The van der Waals surface area contributed by atoms with Crippen LogP contribution < -0.4 is 5.43 Å². The van der Waals surface area contributed by atoms with E-state index < -0.39 is 0 Å². The molecule has 1 aromatic rings. The Morgan fingerprint density at radius 1 is 0.960 bits per heavy atom. The zero-order valence-electron chi connectivity index (χ0n) is 14.9. The first-order valence-electron chi connectivity index (χ1n) is 9.97. The van der Waals surface area contributed by atoms with Gasteiger partial charge in [0, 0.05) is 30.8 Å². The second-order valence-electron chi connectivity index (χ2n) is 8.13. The van der Waals surface area contributed by atoms with Gasteiger partial charge in [-0.2, -0.15) is 0 Å². The molecule has 1 aromatic carbocycles. The van der Waals surface area contributed by atoms with Gasteiger partial charge in [0.05, 0.1) is 4.92 Å². The highest BCUT2D eigenvalue weighted by Gasteiger charge is 2.44. The van der Waals surface area contributed by atoms with Crippen molar-refractivity contribution in [3.63, 3.8) is 0 Å². The minimum Gasteiger partial charge on any atom is -0.258 e. The van der Waals surface area contributed by atoms with E-state index in [0.29, 0.717) is 12.1 Å². The fourth-order valence-electron chi connectivity index (χ4n) is 5.45. The van der Waals surface area contributed by atoms with Crippen LogP contribution in [0.1, 0.15) is 63.4 Å². The number of piperidine rings is 1. The molecule has 3 fully saturated rings. The molecule has 25 heavy (non-hydrogen) atoms. The topological polar surface area (TPSA) is 58.4 Å². The number of nitro groups is 1. The van der Waals surface area contributed by atoms with Crippen LogP contribution in [-0.4, -0.2) is 22.0 Å². The smallest absolute Gasteiger partial charge is 0.258 e. The third-order valence-electron chi connectivity index (χ3n) is 6.67. The molecule has 0 radical (unpaired) electrons. The van der Waals surface area contributed by atoms with Crippen molar-refractivity contribution in [1.29, 1.82) is 0 Å². The molecule has 2 saturated carbocycles. The second-order valence-corrected chi connectivity index (χ2v) is 8.13. The summed E-state index contributed by atoms with van der Waals surface area (Å²) in [6, 6.07) is 8.36. The zero-order chi connectivity index (χ0) is 17.2. The van der Waals surface area contributed by atoms with Crippen LogP contribution in [0.3, 0.4) is 0 Å². The van der Waals surface area contributed by atoms with Gasteiger partial charge in [0.2, 0.25) is 0 Å². The van der Waals surface area contributed by atoms with E-state index in [4.69, 9.17) is 0 Å². The molecular weight excluding hydrogens is 314 g/mol. The van der Waals surface area contributed by atoms with Gasteiger partial charge in [-0.05, 0) is 49.5 Å². The van der Waals surface area contributed by atoms with E-state index >= 15 is 0 Å². The lowest BCUT2D eigenvalue weighted by Gasteiger charge is -2.53. The van der Waals surface area contributed by atoms with Crippen molar-refractivity contribution in [2.24, 2.45) is 11.8 Å². The molecule has 0 spiro atoms. The second kappa shape index (κ2) is 7.42. The number of nitrogens with one attached hydrogen (secondary N) is 1. The van der Waals surface area contributed by atoms with Gasteiger partial charge < -0.3 is 0 Å². The molecular formula is C20H29N3O2. The molecule has 4 atom stereocenters. The Morgan fingerprint density at radius 3 is 2.08 bits per heavy atom. The van der Waals surface area contributed by atoms with Gasteiger partial charge in [-0.15, -0.1) is 0 Å². The maximum atomic E-state index is 10.8. The van der Waals surface area contributed by atoms with Crippen molar-refractivity contribution in [2.45, 2.75) is 76.4 Å². The first kappa shape index (κ1) is 17.0. The lowest BCUT2D eigenvalue weighted by atomic mass is 9.69. The molecule has 0 aromatic heterocycles. The number of fused-ring (bicyclic) bond motifs is 2. The van der Waals surface area contributed by atoms with E-state index in [1.165, 1.54) is 57.8 Å². The summed E-state index contributed by atoms with van der Waals surface area (Å²) < 4.78 is 0. The number of non-ortho nitro benzene ring substituents is 1. The Labute approximate surface area is 149 Å². The van der Waals surface area contributed by atoms with Crippen LogP contribution >= 0.6 is 0 Å². The molecule has 1 saturated heterocycles. The molecule has 5 nitrogen and oxygen atoms in total. The summed E-state index contributed by atoms with van der Waals surface area (Å²) in [4.78, 5) is 10.5. The molecule has 5 heteroatoms. The summed E-state index contributed by atoms with van der Waals surface area (Å²) in [5, 5.41) is 13.4. The van der Waals surface area contributed by atoms with Gasteiger partial charge in [-0.25, -0.2) is 5.01 Å². The average molecular weight is 343 g/mol. The Kier molecular flexibility index (Phi) is 5.04. The Hall–Kier alpha value is -1.46. The Balaban J connectivity index is 1.46. The molecule has 1 heterocycles. The van der Waals surface area contributed by atoms with Crippen molar-refractivity contribution >= 4 is 5.69 Å². The molecule has 136 valence electrons. The lowest BCUT2D eigenvalue weighted by Crippen LogP contribution is -2.61. The standard InChI is InChI=1S/C20H29N3O2/c24-23(25)18-11-9-15(10-12-18)14-21-22-19-7-3-1-5-16(19)13-17-6-2-4-8-20(17)22/h9-12,16-17,19-21H,1-8,13-14H2/t16-,17+,19-,20-/m0/s1. The highest BCUT2D eigenvalue weighted by Crippen LogP contribution is 2.44. The first-order valence-corrected chi connectivity index (χ1v) is 9.97. The number of benzene rings is 1. The van der Waals surface area contributed by atoms with Crippen molar-refractivity contribution < 1.29 is 4.92 Å². The highest BCUT2D eigenvalue weighted by molar-refractivity contribution is 5.32. The minimum atomic E-state index is -0.332.